The van der Waals surface area contributed by atoms with Gasteiger partial charge in [-0.1, -0.05) is 13.0 Å². The first-order valence-corrected chi connectivity index (χ1v) is 12.5. The van der Waals surface area contributed by atoms with Crippen molar-refractivity contribution in [3.63, 3.8) is 0 Å². The Morgan fingerprint density at radius 3 is 2.79 bits per heavy atom. The Bertz CT molecular complexity index is 1340. The summed E-state index contributed by atoms with van der Waals surface area (Å²) in [4.78, 5) is 21.7. The number of hydrogen-bond donors (Lipinski definition) is 4. The van der Waals surface area contributed by atoms with Crippen LogP contribution in [0, 0.1) is 17.6 Å². The standard InChI is InChI=1S/C28H31F2N5O3/c1-3-16-12-17(7-8-19(16)28(37)34-14-18(36)13-31)35-27-26-21(6-4-5-11-32-27)22(15-33-26)20-9-10-23(38-2)25(30)24(20)29/h5,7-12,15,18,21,36H,3-4,6,13-14,31H2,1-2H3,(H,32,35)(H,34,37)/b11-5-. The van der Waals surface area contributed by atoms with Crippen LogP contribution in [-0.2, 0) is 6.42 Å². The molecule has 0 saturated carbocycles. The topological polar surface area (TPSA) is 121 Å². The van der Waals surface area contributed by atoms with E-state index in [9.17, 15) is 18.7 Å². The van der Waals surface area contributed by atoms with Crippen LogP contribution in [-0.4, -0.2) is 48.9 Å². The van der Waals surface area contributed by atoms with Gasteiger partial charge in [0.2, 0.25) is 5.82 Å². The van der Waals surface area contributed by atoms with Crippen LogP contribution in [0.25, 0.3) is 5.57 Å². The average Bonchev–Trinajstić information content (AvgIpc) is 3.33. The van der Waals surface area contributed by atoms with E-state index in [0.717, 1.165) is 5.56 Å². The van der Waals surface area contributed by atoms with E-state index >= 15 is 0 Å². The van der Waals surface area contributed by atoms with Gasteiger partial charge in [0, 0.05) is 48.2 Å². The number of aliphatic imine (C=N–C) groups is 2. The summed E-state index contributed by atoms with van der Waals surface area (Å²) in [7, 11) is 1.29. The Kier molecular flexibility index (Phi) is 8.65. The number of nitrogens with zero attached hydrogens (tertiary/aromatic N) is 2. The molecule has 8 nitrogen and oxygen atoms in total. The number of fused-ring (bicyclic) bond motifs is 1. The van der Waals surface area contributed by atoms with Crippen LogP contribution >= 0.6 is 0 Å². The predicted molar refractivity (Wildman–Crippen MR) is 144 cm³/mol. The highest BCUT2D eigenvalue weighted by molar-refractivity contribution is 6.48. The monoisotopic (exact) mass is 523 g/mol. The summed E-state index contributed by atoms with van der Waals surface area (Å²) < 4.78 is 34.3. The number of carbonyl (C=O) groups excluding carboxylic acids is 1. The van der Waals surface area contributed by atoms with Crippen molar-refractivity contribution in [3.8, 4) is 5.75 Å². The minimum absolute atomic E-state index is 0.0574. The number of benzene rings is 2. The van der Waals surface area contributed by atoms with E-state index in [0.29, 0.717) is 47.6 Å². The second-order valence-electron chi connectivity index (χ2n) is 8.98. The lowest BCUT2D eigenvalue weighted by atomic mass is 9.86. The number of nitrogens with two attached hydrogens (primary N) is 1. The molecule has 0 fully saturated rings. The number of ether oxygens (including phenoxy) is 1. The van der Waals surface area contributed by atoms with Crippen molar-refractivity contribution in [2.45, 2.75) is 32.3 Å². The number of halogens is 2. The number of carbonyl (C=O) groups is 1. The number of methoxy groups -OCH3 is 1. The molecular weight excluding hydrogens is 492 g/mol. The second-order valence-corrected chi connectivity index (χ2v) is 8.98. The largest absolute Gasteiger partial charge is 0.494 e. The van der Waals surface area contributed by atoms with E-state index < -0.39 is 17.7 Å². The van der Waals surface area contributed by atoms with E-state index in [4.69, 9.17) is 10.5 Å². The lowest BCUT2D eigenvalue weighted by Gasteiger charge is -2.21. The van der Waals surface area contributed by atoms with Crippen LogP contribution in [0.5, 0.6) is 5.75 Å². The Labute approximate surface area is 220 Å². The highest BCUT2D eigenvalue weighted by atomic mass is 19.2. The third kappa shape index (κ3) is 5.66. The molecule has 0 saturated heterocycles. The molecule has 200 valence electrons. The van der Waals surface area contributed by atoms with Gasteiger partial charge >= 0.3 is 0 Å². The van der Waals surface area contributed by atoms with Gasteiger partial charge in [-0.25, -0.2) is 9.38 Å². The molecule has 5 N–H and O–H groups in total. The van der Waals surface area contributed by atoms with Crippen molar-refractivity contribution in [2.24, 2.45) is 21.6 Å². The lowest BCUT2D eigenvalue weighted by Crippen LogP contribution is -2.36. The maximum Gasteiger partial charge on any atom is 0.251 e. The molecule has 10 heteroatoms. The molecule has 2 aliphatic heterocycles. The summed E-state index contributed by atoms with van der Waals surface area (Å²) in [6.45, 7) is 2.06. The summed E-state index contributed by atoms with van der Waals surface area (Å²) in [5.74, 6) is -2.28. The van der Waals surface area contributed by atoms with E-state index in [2.05, 4.69) is 20.6 Å². The molecule has 38 heavy (non-hydrogen) atoms. The van der Waals surface area contributed by atoms with E-state index in [1.807, 2.05) is 19.1 Å². The Morgan fingerprint density at radius 2 is 2.05 bits per heavy atom. The van der Waals surface area contributed by atoms with Gasteiger partial charge in [0.1, 0.15) is 0 Å². The second kappa shape index (κ2) is 12.1. The van der Waals surface area contributed by atoms with Crippen LogP contribution < -0.4 is 21.1 Å². The van der Waals surface area contributed by atoms with Crippen LogP contribution in [0.2, 0.25) is 0 Å². The molecule has 0 spiro atoms. The summed E-state index contributed by atoms with van der Waals surface area (Å²) >= 11 is 0. The first kappa shape index (κ1) is 27.2. The SMILES string of the molecule is CCc1cc(N/C2=N/C=C\CCC3C(c4ccc(OC)c(F)c4F)=CN=C23)ccc1C(=O)NCC(O)CN. The summed E-state index contributed by atoms with van der Waals surface area (Å²) in [6, 6.07) is 8.23. The number of anilines is 1. The molecule has 2 aromatic rings. The van der Waals surface area contributed by atoms with Crippen LogP contribution in [0.15, 0.2) is 58.8 Å². The van der Waals surface area contributed by atoms with Gasteiger partial charge in [-0.3, -0.25) is 9.79 Å². The normalized spacial score (nSPS) is 19.6. The maximum absolute atomic E-state index is 14.9. The fourth-order valence-corrected chi connectivity index (χ4v) is 4.49. The van der Waals surface area contributed by atoms with Gasteiger partial charge in [-0.2, -0.15) is 4.39 Å². The van der Waals surface area contributed by atoms with Crippen LogP contribution in [0.1, 0.15) is 41.3 Å². The number of rotatable bonds is 8. The predicted octanol–water partition coefficient (Wildman–Crippen LogP) is 3.82. The van der Waals surface area contributed by atoms with Gasteiger partial charge in [-0.05, 0) is 60.7 Å². The number of allylic oxidation sites excluding steroid dienone is 2. The number of hydrogen-bond acceptors (Lipinski definition) is 7. The number of amides is 1. The van der Waals surface area contributed by atoms with Crippen molar-refractivity contribution >= 4 is 28.7 Å². The molecule has 0 aromatic heterocycles. The van der Waals surface area contributed by atoms with Crippen molar-refractivity contribution in [1.29, 1.82) is 0 Å². The van der Waals surface area contributed by atoms with Gasteiger partial charge < -0.3 is 26.2 Å². The fourth-order valence-electron chi connectivity index (χ4n) is 4.49. The summed E-state index contributed by atoms with van der Waals surface area (Å²) in [5, 5.41) is 15.6. The molecule has 2 aromatic carbocycles. The number of amidine groups is 1. The molecule has 0 radical (unpaired) electrons. The molecular formula is C28H31F2N5O3. The third-order valence-electron chi connectivity index (χ3n) is 6.56. The Morgan fingerprint density at radius 1 is 1.24 bits per heavy atom. The molecule has 0 aliphatic carbocycles. The zero-order chi connectivity index (χ0) is 27.2. The number of aliphatic hydroxyl groups is 1. The van der Waals surface area contributed by atoms with Gasteiger partial charge in [0.05, 0.1) is 18.9 Å². The highest BCUT2D eigenvalue weighted by Gasteiger charge is 2.32. The molecule has 2 unspecified atom stereocenters. The molecule has 2 heterocycles. The Balaban J connectivity index is 1.57. The fraction of sp³-hybridized carbons (Fsp3) is 0.321. The maximum atomic E-state index is 14.9. The molecule has 1 amide bonds. The van der Waals surface area contributed by atoms with Gasteiger partial charge in [-0.15, -0.1) is 0 Å². The molecule has 4 rings (SSSR count). The highest BCUT2D eigenvalue weighted by Crippen LogP contribution is 2.37. The first-order valence-electron chi connectivity index (χ1n) is 12.5. The van der Waals surface area contributed by atoms with E-state index in [-0.39, 0.29) is 36.2 Å². The summed E-state index contributed by atoms with van der Waals surface area (Å²) in [6.07, 6.45) is 6.30. The minimum Gasteiger partial charge on any atom is -0.494 e. The number of aryl methyl sites for hydroxylation is 1. The van der Waals surface area contributed by atoms with Crippen molar-refractivity contribution in [3.05, 3.63) is 77.1 Å². The van der Waals surface area contributed by atoms with Crippen LogP contribution in [0.3, 0.4) is 0 Å². The molecule has 0 bridgehead atoms. The molecule has 2 aliphatic rings. The minimum atomic E-state index is -1.04. The average molecular weight is 524 g/mol. The lowest BCUT2D eigenvalue weighted by molar-refractivity contribution is 0.0919. The third-order valence-corrected chi connectivity index (χ3v) is 6.56. The van der Waals surface area contributed by atoms with Crippen molar-refractivity contribution in [1.82, 2.24) is 5.32 Å². The van der Waals surface area contributed by atoms with Crippen molar-refractivity contribution in [2.75, 3.05) is 25.5 Å². The van der Waals surface area contributed by atoms with E-state index in [1.54, 1.807) is 24.5 Å². The van der Waals surface area contributed by atoms with Gasteiger partial charge in [0.15, 0.2) is 17.4 Å². The zero-order valence-electron chi connectivity index (χ0n) is 21.3. The quantitative estimate of drug-likeness (QED) is 0.419. The number of nitrogens with one attached hydrogen (secondary N) is 2. The van der Waals surface area contributed by atoms with Gasteiger partial charge in [0.25, 0.3) is 5.91 Å². The number of aliphatic hydroxyl groups excluding tert-OH is 1. The first-order chi connectivity index (χ1) is 18.4. The van der Waals surface area contributed by atoms with Crippen LogP contribution in [0.4, 0.5) is 14.5 Å². The van der Waals surface area contributed by atoms with E-state index in [1.165, 1.54) is 19.2 Å². The zero-order valence-corrected chi connectivity index (χ0v) is 21.3. The smallest absolute Gasteiger partial charge is 0.251 e. The summed E-state index contributed by atoms with van der Waals surface area (Å²) in [5.41, 5.74) is 8.74. The molecule has 2 atom stereocenters. The van der Waals surface area contributed by atoms with Crippen molar-refractivity contribution < 1.29 is 23.4 Å². The Hall–Kier alpha value is -3.89.